The van der Waals surface area contributed by atoms with E-state index in [1.54, 1.807) is 12.1 Å². The first-order valence-corrected chi connectivity index (χ1v) is 7.51. The smallest absolute Gasteiger partial charge is 0.404 e. The maximum atomic E-state index is 10.6. The van der Waals surface area contributed by atoms with Crippen molar-refractivity contribution >= 4 is 29.3 Å². The van der Waals surface area contributed by atoms with Gasteiger partial charge in [0.1, 0.15) is 11.9 Å². The van der Waals surface area contributed by atoms with Gasteiger partial charge in [-0.05, 0) is 17.7 Å². The van der Waals surface area contributed by atoms with Crippen molar-refractivity contribution in [2.24, 2.45) is 0 Å². The summed E-state index contributed by atoms with van der Waals surface area (Å²) in [5.41, 5.74) is 2.77. The molecule has 4 nitrogen and oxygen atoms in total. The molecule has 0 radical (unpaired) electrons. The topological polar surface area (TPSA) is 58.6 Å². The molecule has 0 fully saturated rings. The highest BCUT2D eigenvalue weighted by Gasteiger charge is 2.26. The first kappa shape index (κ1) is 15.0. The Morgan fingerprint density at radius 1 is 1.27 bits per heavy atom. The fourth-order valence-corrected chi connectivity index (χ4v) is 3.08. The van der Waals surface area contributed by atoms with Crippen LogP contribution >= 0.6 is 23.2 Å². The molecule has 2 aromatic carbocycles. The number of benzene rings is 2. The molecule has 0 saturated carbocycles. The Bertz CT molecular complexity index is 733. The molecule has 6 heteroatoms. The minimum absolute atomic E-state index is 0.210. The molecule has 0 bridgehead atoms. The Labute approximate surface area is 137 Å². The zero-order valence-electron chi connectivity index (χ0n) is 11.5. The second-order valence-corrected chi connectivity index (χ2v) is 5.89. The summed E-state index contributed by atoms with van der Waals surface area (Å²) in [6.07, 6.45) is -0.604. The second kappa shape index (κ2) is 6.07. The number of ether oxygens (including phenoxy) is 1. The van der Waals surface area contributed by atoms with Gasteiger partial charge in [0.25, 0.3) is 0 Å². The summed E-state index contributed by atoms with van der Waals surface area (Å²) < 4.78 is 5.91. The molecule has 2 aromatic rings. The predicted octanol–water partition coefficient (Wildman–Crippen LogP) is 4.23. The van der Waals surface area contributed by atoms with Crippen molar-refractivity contribution in [3.05, 3.63) is 52.0 Å². The molecule has 1 atom stereocenters. The first-order valence-electron chi connectivity index (χ1n) is 6.75. The normalized spacial score (nSPS) is 16.0. The van der Waals surface area contributed by atoms with Gasteiger partial charge in [-0.2, -0.15) is 0 Å². The molecule has 1 aliphatic heterocycles. The van der Waals surface area contributed by atoms with Gasteiger partial charge in [0.05, 0.1) is 11.6 Å². The molecule has 22 heavy (non-hydrogen) atoms. The monoisotopic (exact) mass is 337 g/mol. The molecule has 1 aliphatic rings. The van der Waals surface area contributed by atoms with Crippen LogP contribution in [0.1, 0.15) is 5.56 Å². The minimum Gasteiger partial charge on any atom is -0.487 e. The molecule has 1 heterocycles. The molecule has 0 aliphatic carbocycles. The third-order valence-corrected chi connectivity index (χ3v) is 4.08. The van der Waals surface area contributed by atoms with Crippen molar-refractivity contribution in [1.29, 1.82) is 0 Å². The van der Waals surface area contributed by atoms with Crippen LogP contribution in [0.15, 0.2) is 36.4 Å². The van der Waals surface area contributed by atoms with E-state index in [1.165, 1.54) is 0 Å². The second-order valence-electron chi connectivity index (χ2n) is 5.05. The number of carbonyl (C=O) groups is 1. The Kier molecular flexibility index (Phi) is 4.14. The fourth-order valence-electron chi connectivity index (χ4n) is 2.57. The SMILES string of the molecule is O=C(O)NCC1Cc2cccc(-c3ccc(Cl)cc3Cl)c2O1. The third-order valence-electron chi connectivity index (χ3n) is 3.53. The lowest BCUT2D eigenvalue weighted by molar-refractivity contribution is 0.181. The summed E-state index contributed by atoms with van der Waals surface area (Å²) in [7, 11) is 0. The van der Waals surface area contributed by atoms with Crippen LogP contribution in [0.2, 0.25) is 10.0 Å². The van der Waals surface area contributed by atoms with Crippen molar-refractivity contribution < 1.29 is 14.6 Å². The molecule has 0 spiro atoms. The number of nitrogens with one attached hydrogen (secondary N) is 1. The van der Waals surface area contributed by atoms with Crippen LogP contribution in [0, 0.1) is 0 Å². The van der Waals surface area contributed by atoms with Crippen LogP contribution in [0.5, 0.6) is 5.75 Å². The van der Waals surface area contributed by atoms with Crippen molar-refractivity contribution in [2.45, 2.75) is 12.5 Å². The van der Waals surface area contributed by atoms with Gasteiger partial charge in [0.2, 0.25) is 0 Å². The summed E-state index contributed by atoms with van der Waals surface area (Å²) in [6.45, 7) is 0.248. The zero-order valence-corrected chi connectivity index (χ0v) is 13.0. The maximum absolute atomic E-state index is 10.6. The molecule has 3 rings (SSSR count). The summed E-state index contributed by atoms with van der Waals surface area (Å²) in [5, 5.41) is 12.2. The lowest BCUT2D eigenvalue weighted by atomic mass is 10.0. The van der Waals surface area contributed by atoms with Crippen molar-refractivity contribution in [3.63, 3.8) is 0 Å². The number of fused-ring (bicyclic) bond motifs is 1. The number of amides is 1. The number of halogens is 2. The van der Waals surface area contributed by atoms with E-state index in [4.69, 9.17) is 33.0 Å². The van der Waals surface area contributed by atoms with E-state index in [9.17, 15) is 4.79 Å². The van der Waals surface area contributed by atoms with Gasteiger partial charge in [0, 0.05) is 22.6 Å². The average Bonchev–Trinajstić information content (AvgIpc) is 2.88. The van der Waals surface area contributed by atoms with Crippen molar-refractivity contribution in [1.82, 2.24) is 5.32 Å². The Hall–Kier alpha value is -1.91. The van der Waals surface area contributed by atoms with Gasteiger partial charge >= 0.3 is 6.09 Å². The Balaban J connectivity index is 1.91. The van der Waals surface area contributed by atoms with Gasteiger partial charge in [0.15, 0.2) is 0 Å². The number of hydrogen-bond acceptors (Lipinski definition) is 2. The Morgan fingerprint density at radius 2 is 2.09 bits per heavy atom. The van der Waals surface area contributed by atoms with Gasteiger partial charge in [-0.1, -0.05) is 47.5 Å². The van der Waals surface area contributed by atoms with E-state index in [-0.39, 0.29) is 12.6 Å². The summed E-state index contributed by atoms with van der Waals surface area (Å²) >= 11 is 12.2. The lowest BCUT2D eigenvalue weighted by Crippen LogP contribution is -2.33. The molecule has 114 valence electrons. The van der Waals surface area contributed by atoms with Crippen LogP contribution in [0.25, 0.3) is 11.1 Å². The largest absolute Gasteiger partial charge is 0.487 e. The number of para-hydroxylation sites is 1. The zero-order chi connectivity index (χ0) is 15.7. The van der Waals surface area contributed by atoms with Crippen molar-refractivity contribution in [2.75, 3.05) is 6.54 Å². The molecule has 2 N–H and O–H groups in total. The van der Waals surface area contributed by atoms with Gasteiger partial charge in [-0.15, -0.1) is 0 Å². The standard InChI is InChI=1S/C16H13Cl2NO3/c17-10-4-5-12(14(18)7-10)13-3-1-2-9-6-11(22-15(9)13)8-19-16(20)21/h1-5,7,11,19H,6,8H2,(H,20,21). The minimum atomic E-state index is -1.06. The van der Waals surface area contributed by atoms with E-state index in [0.29, 0.717) is 16.5 Å². The van der Waals surface area contributed by atoms with E-state index >= 15 is 0 Å². The quantitative estimate of drug-likeness (QED) is 0.880. The third kappa shape index (κ3) is 2.98. The van der Waals surface area contributed by atoms with Crippen LogP contribution in [-0.4, -0.2) is 23.8 Å². The lowest BCUT2D eigenvalue weighted by Gasteiger charge is -2.13. The van der Waals surface area contributed by atoms with E-state index in [1.807, 2.05) is 24.3 Å². The molecule has 0 aromatic heterocycles. The average molecular weight is 338 g/mol. The number of hydrogen-bond donors (Lipinski definition) is 2. The molecule has 1 amide bonds. The van der Waals surface area contributed by atoms with E-state index in [2.05, 4.69) is 5.32 Å². The molecule has 0 saturated heterocycles. The highest BCUT2D eigenvalue weighted by atomic mass is 35.5. The fraction of sp³-hybridized carbons (Fsp3) is 0.188. The summed E-state index contributed by atoms with van der Waals surface area (Å²) in [5.74, 6) is 0.754. The van der Waals surface area contributed by atoms with Crippen molar-refractivity contribution in [3.8, 4) is 16.9 Å². The van der Waals surface area contributed by atoms with Crippen LogP contribution in [0.3, 0.4) is 0 Å². The van der Waals surface area contributed by atoms with E-state index < -0.39 is 6.09 Å². The molecule has 1 unspecified atom stereocenters. The summed E-state index contributed by atoms with van der Waals surface area (Å²) in [4.78, 5) is 10.6. The van der Waals surface area contributed by atoms with E-state index in [0.717, 1.165) is 22.4 Å². The number of carboxylic acid groups (broad SMARTS) is 1. The van der Waals surface area contributed by atoms with Crippen LogP contribution < -0.4 is 10.1 Å². The maximum Gasteiger partial charge on any atom is 0.404 e. The highest BCUT2D eigenvalue weighted by molar-refractivity contribution is 6.36. The Morgan fingerprint density at radius 3 is 2.82 bits per heavy atom. The first-order chi connectivity index (χ1) is 10.5. The predicted molar refractivity (Wildman–Crippen MR) is 86.0 cm³/mol. The highest BCUT2D eigenvalue weighted by Crippen LogP contribution is 2.41. The van der Waals surface area contributed by atoms with Gasteiger partial charge in [-0.25, -0.2) is 4.79 Å². The van der Waals surface area contributed by atoms with Crippen LogP contribution in [0.4, 0.5) is 4.79 Å². The number of rotatable bonds is 3. The van der Waals surface area contributed by atoms with Gasteiger partial charge < -0.3 is 15.2 Å². The summed E-state index contributed by atoms with van der Waals surface area (Å²) in [6, 6.07) is 11.2. The molecular formula is C16H13Cl2NO3. The van der Waals surface area contributed by atoms with Gasteiger partial charge in [-0.3, -0.25) is 0 Å². The van der Waals surface area contributed by atoms with Crippen LogP contribution in [-0.2, 0) is 6.42 Å². The molecular weight excluding hydrogens is 325 g/mol.